The molecule has 1 aromatic carbocycles. The summed E-state index contributed by atoms with van der Waals surface area (Å²) in [7, 11) is -2.23. The maximum atomic E-state index is 14.6. The fraction of sp³-hybridized carbons (Fsp3) is 0.520. The van der Waals surface area contributed by atoms with Crippen LogP contribution in [0.4, 0.5) is 8.78 Å². The van der Waals surface area contributed by atoms with Crippen LogP contribution in [0.15, 0.2) is 36.5 Å². The molecular weight excluding hydrogens is 412 g/mol. The van der Waals surface area contributed by atoms with E-state index in [1.807, 2.05) is 0 Å². The molecule has 0 radical (unpaired) electrons. The molecule has 3 rings (SSSR count). The molecule has 1 heterocycles. The van der Waals surface area contributed by atoms with Crippen molar-refractivity contribution in [2.75, 3.05) is 0 Å². The van der Waals surface area contributed by atoms with Gasteiger partial charge in [-0.15, -0.1) is 0 Å². The molecule has 1 aliphatic rings. The number of hydrogen-bond donors (Lipinski definition) is 0. The molecule has 0 spiro atoms. The van der Waals surface area contributed by atoms with Crippen molar-refractivity contribution in [2.24, 2.45) is 0 Å². The molecule has 0 amide bonds. The van der Waals surface area contributed by atoms with Gasteiger partial charge in [-0.2, -0.15) is 0 Å². The van der Waals surface area contributed by atoms with E-state index in [2.05, 4.69) is 46.5 Å². The third kappa shape index (κ3) is 4.24. The number of aromatic nitrogens is 1. The number of pyridine rings is 1. The van der Waals surface area contributed by atoms with Crippen LogP contribution in [0.25, 0.3) is 0 Å². The summed E-state index contributed by atoms with van der Waals surface area (Å²) in [5.41, 5.74) is 2.35. The number of benzene rings is 1. The number of carbonyl (C=O) groups is 1. The molecule has 1 aromatic heterocycles. The van der Waals surface area contributed by atoms with Crippen LogP contribution in [0, 0.1) is 11.6 Å². The first-order chi connectivity index (χ1) is 14.6. The van der Waals surface area contributed by atoms with Gasteiger partial charge in [0.15, 0.2) is 17.4 Å². The number of rotatable bonds is 6. The Morgan fingerprint density at radius 2 is 1.61 bits per heavy atom. The summed E-state index contributed by atoms with van der Waals surface area (Å²) in [5, 5.41) is 0. The normalized spacial score (nSPS) is 19.8. The van der Waals surface area contributed by atoms with Crippen molar-refractivity contribution in [3.63, 3.8) is 0 Å². The molecule has 0 saturated carbocycles. The summed E-state index contributed by atoms with van der Waals surface area (Å²) in [6.07, 6.45) is 2.27. The van der Waals surface area contributed by atoms with Gasteiger partial charge >= 0.3 is 0 Å². The summed E-state index contributed by atoms with van der Waals surface area (Å²) in [6, 6.07) is 7.50. The molecule has 2 aromatic rings. The largest absolute Gasteiger partial charge is 0.408 e. The van der Waals surface area contributed by atoms with Gasteiger partial charge in [-0.05, 0) is 47.7 Å². The van der Waals surface area contributed by atoms with Crippen molar-refractivity contribution < 1.29 is 18.0 Å². The van der Waals surface area contributed by atoms with Gasteiger partial charge in [0.05, 0.1) is 17.7 Å². The van der Waals surface area contributed by atoms with E-state index in [-0.39, 0.29) is 17.5 Å². The minimum absolute atomic E-state index is 0.112. The van der Waals surface area contributed by atoms with Crippen LogP contribution in [0.3, 0.4) is 0 Å². The molecule has 3 nitrogen and oxygen atoms in total. The van der Waals surface area contributed by atoms with Gasteiger partial charge in [0.25, 0.3) is 0 Å². The van der Waals surface area contributed by atoms with Gasteiger partial charge in [0, 0.05) is 17.3 Å². The fourth-order valence-corrected chi connectivity index (χ4v) is 11.1. The highest BCUT2D eigenvalue weighted by Crippen LogP contribution is 2.47. The third-order valence-electron chi connectivity index (χ3n) is 6.85. The van der Waals surface area contributed by atoms with E-state index in [1.54, 1.807) is 18.3 Å². The summed E-state index contributed by atoms with van der Waals surface area (Å²) < 4.78 is 35.5. The molecule has 6 heteroatoms. The average Bonchev–Trinajstić information content (AvgIpc) is 2.84. The number of fused-ring (bicyclic) bond motifs is 1. The van der Waals surface area contributed by atoms with Crippen molar-refractivity contribution in [2.45, 2.75) is 83.0 Å². The first kappa shape index (κ1) is 23.7. The zero-order valence-corrected chi connectivity index (χ0v) is 20.3. The van der Waals surface area contributed by atoms with E-state index in [0.29, 0.717) is 40.7 Å². The molecule has 0 saturated heterocycles. The van der Waals surface area contributed by atoms with Crippen LogP contribution >= 0.6 is 0 Å². The zero-order valence-electron chi connectivity index (χ0n) is 19.3. The molecular formula is C25H33F2NO2Si. The molecule has 2 atom stereocenters. The maximum Gasteiger partial charge on any atom is 0.201 e. The first-order valence-corrected chi connectivity index (χ1v) is 13.4. The summed E-state index contributed by atoms with van der Waals surface area (Å²) in [6.45, 7) is 13.3. The molecule has 31 heavy (non-hydrogen) atoms. The summed E-state index contributed by atoms with van der Waals surface area (Å²) in [4.78, 5) is 18.0. The Morgan fingerprint density at radius 1 is 0.968 bits per heavy atom. The highest BCUT2D eigenvalue weighted by molar-refractivity contribution is 6.77. The monoisotopic (exact) mass is 445 g/mol. The SMILES string of the molecule is CC(C)[Si](O[C@@H]1CC[C@@H](c2cccc(F)c2F)C(=O)c2cccnc21)(C(C)C)C(C)C. The molecule has 168 valence electrons. The van der Waals surface area contributed by atoms with E-state index >= 15 is 0 Å². The summed E-state index contributed by atoms with van der Waals surface area (Å²) in [5.74, 6) is -2.84. The third-order valence-corrected chi connectivity index (χ3v) is 13.0. The Labute approximate surface area is 185 Å². The second-order valence-electron chi connectivity index (χ2n) is 9.50. The van der Waals surface area contributed by atoms with Crippen LogP contribution in [-0.4, -0.2) is 19.1 Å². The molecule has 0 unspecified atom stereocenters. The Kier molecular flexibility index (Phi) is 7.11. The van der Waals surface area contributed by atoms with Gasteiger partial charge in [0.1, 0.15) is 0 Å². The molecule has 1 aliphatic carbocycles. The van der Waals surface area contributed by atoms with Crippen LogP contribution in [0.5, 0.6) is 0 Å². The second-order valence-corrected chi connectivity index (χ2v) is 14.9. The standard InChI is InChI=1S/C25H33F2NO2Si/c1-15(2)31(16(3)4,17(5)6)30-22-13-12-19(18-9-7-11-21(26)23(18)27)25(29)20-10-8-14-28-24(20)22/h7-11,14-17,19,22H,12-13H2,1-6H3/t19-,22+/m0/s1. The number of hydrogen-bond acceptors (Lipinski definition) is 3. The highest BCUT2D eigenvalue weighted by Gasteiger charge is 2.48. The van der Waals surface area contributed by atoms with Crippen LogP contribution in [0.2, 0.25) is 16.6 Å². The van der Waals surface area contributed by atoms with Crippen molar-refractivity contribution in [3.8, 4) is 0 Å². The smallest absolute Gasteiger partial charge is 0.201 e. The molecule has 0 bridgehead atoms. The van der Waals surface area contributed by atoms with Gasteiger partial charge in [-0.25, -0.2) is 8.78 Å². The molecule has 0 fully saturated rings. The van der Waals surface area contributed by atoms with Gasteiger partial charge < -0.3 is 4.43 Å². The van der Waals surface area contributed by atoms with E-state index in [9.17, 15) is 13.6 Å². The van der Waals surface area contributed by atoms with Crippen molar-refractivity contribution in [3.05, 3.63) is 65.0 Å². The molecule has 0 aliphatic heterocycles. The van der Waals surface area contributed by atoms with Gasteiger partial charge in [0.2, 0.25) is 8.32 Å². The van der Waals surface area contributed by atoms with E-state index < -0.39 is 25.9 Å². The molecule has 0 N–H and O–H groups in total. The van der Waals surface area contributed by atoms with Crippen molar-refractivity contribution in [1.29, 1.82) is 0 Å². The van der Waals surface area contributed by atoms with E-state index in [0.717, 1.165) is 6.07 Å². The number of ketones is 1. The highest BCUT2D eigenvalue weighted by atomic mass is 28.4. The van der Waals surface area contributed by atoms with Gasteiger partial charge in [-0.1, -0.05) is 53.7 Å². The lowest BCUT2D eigenvalue weighted by Crippen LogP contribution is -2.48. The lowest BCUT2D eigenvalue weighted by atomic mass is 9.88. The zero-order chi connectivity index (χ0) is 22.9. The van der Waals surface area contributed by atoms with E-state index in [4.69, 9.17) is 4.43 Å². The number of carbonyl (C=O) groups excluding carboxylic acids is 1. The Bertz CT molecular complexity index is 923. The fourth-order valence-electron chi connectivity index (χ4n) is 5.51. The average molecular weight is 446 g/mol. The lowest BCUT2D eigenvalue weighted by Gasteiger charge is -2.44. The second kappa shape index (κ2) is 9.29. The quantitative estimate of drug-likeness (QED) is 0.344. The van der Waals surface area contributed by atoms with Crippen LogP contribution in [0.1, 0.15) is 88.0 Å². The first-order valence-electron chi connectivity index (χ1n) is 11.2. The van der Waals surface area contributed by atoms with Gasteiger partial charge in [-0.3, -0.25) is 9.78 Å². The Balaban J connectivity index is 2.07. The predicted molar refractivity (Wildman–Crippen MR) is 122 cm³/mol. The Hall–Kier alpha value is -1.92. The maximum absolute atomic E-state index is 14.6. The van der Waals surface area contributed by atoms with Crippen molar-refractivity contribution in [1.82, 2.24) is 4.98 Å². The number of nitrogens with zero attached hydrogens (tertiary/aromatic N) is 1. The number of Topliss-reactive ketones (excluding diaryl/α,β-unsaturated/α-hetero) is 1. The minimum Gasteiger partial charge on any atom is -0.408 e. The Morgan fingerprint density at radius 3 is 2.23 bits per heavy atom. The lowest BCUT2D eigenvalue weighted by molar-refractivity contribution is 0.0954. The predicted octanol–water partition coefficient (Wildman–Crippen LogP) is 7.35. The van der Waals surface area contributed by atoms with Crippen LogP contribution < -0.4 is 0 Å². The number of halogens is 2. The van der Waals surface area contributed by atoms with E-state index in [1.165, 1.54) is 12.1 Å². The van der Waals surface area contributed by atoms with Crippen LogP contribution in [-0.2, 0) is 4.43 Å². The minimum atomic E-state index is -2.23. The topological polar surface area (TPSA) is 39.2 Å². The van der Waals surface area contributed by atoms with Crippen molar-refractivity contribution >= 4 is 14.1 Å². The summed E-state index contributed by atoms with van der Waals surface area (Å²) >= 11 is 0.